The Balaban J connectivity index is 1.50. The lowest BCUT2D eigenvalue weighted by Gasteiger charge is -2.29. The van der Waals surface area contributed by atoms with E-state index >= 15 is 0 Å². The summed E-state index contributed by atoms with van der Waals surface area (Å²) in [5.74, 6) is 0.122. The highest BCUT2D eigenvalue weighted by Crippen LogP contribution is 2.37. The van der Waals surface area contributed by atoms with Crippen molar-refractivity contribution in [3.63, 3.8) is 0 Å². The maximum Gasteiger partial charge on any atom is 0.325 e. The number of urea groups is 1. The number of hydrogen-bond donors (Lipinski definition) is 2. The van der Waals surface area contributed by atoms with Gasteiger partial charge in [0.25, 0.3) is 5.91 Å². The third kappa shape index (κ3) is 3.09. The normalized spacial score (nSPS) is 24.4. The predicted molar refractivity (Wildman–Crippen MR) is 101 cm³/mol. The van der Waals surface area contributed by atoms with Gasteiger partial charge in [-0.15, -0.1) is 0 Å². The highest BCUT2D eigenvalue weighted by atomic mass is 79.9. The molecular weight excluding hydrogens is 414 g/mol. The Kier molecular flexibility index (Phi) is 4.61. The molecule has 1 saturated heterocycles. The van der Waals surface area contributed by atoms with Crippen LogP contribution in [0.25, 0.3) is 0 Å². The summed E-state index contributed by atoms with van der Waals surface area (Å²) in [5, 5.41) is 5.81. The van der Waals surface area contributed by atoms with Crippen LogP contribution in [0, 0.1) is 0 Å². The molecule has 1 aromatic rings. The molecule has 0 radical (unpaired) electrons. The van der Waals surface area contributed by atoms with Crippen LogP contribution in [0.15, 0.2) is 22.7 Å². The Morgan fingerprint density at radius 1 is 1.37 bits per heavy atom. The first-order valence-corrected chi connectivity index (χ1v) is 10.1. The van der Waals surface area contributed by atoms with Crippen LogP contribution in [0.2, 0.25) is 0 Å². The van der Waals surface area contributed by atoms with E-state index in [2.05, 4.69) is 26.6 Å². The molecule has 4 amide bonds. The number of imide groups is 1. The van der Waals surface area contributed by atoms with Crippen molar-refractivity contribution >= 4 is 33.8 Å². The lowest BCUT2D eigenvalue weighted by molar-refractivity contribution is -0.138. The number of rotatable bonds is 3. The summed E-state index contributed by atoms with van der Waals surface area (Å²) < 4.78 is 6.55. The fraction of sp³-hybridized carbons (Fsp3) is 0.526. The fourth-order valence-corrected chi connectivity index (χ4v) is 4.61. The van der Waals surface area contributed by atoms with Crippen LogP contribution in [-0.2, 0) is 9.59 Å². The number of hydrogen-bond acceptors (Lipinski definition) is 4. The first kappa shape index (κ1) is 18.3. The quantitative estimate of drug-likeness (QED) is 0.714. The smallest absolute Gasteiger partial charge is 0.325 e. The Bertz CT molecular complexity index is 806. The topological polar surface area (TPSA) is 87.7 Å². The summed E-state index contributed by atoms with van der Waals surface area (Å²) in [6, 6.07) is 4.12. The second-order valence-corrected chi connectivity index (χ2v) is 8.37. The molecule has 2 unspecified atom stereocenters. The molecular formula is C19H22BrN3O4. The molecule has 2 aliphatic heterocycles. The first-order chi connectivity index (χ1) is 12.9. The Hall–Kier alpha value is -2.09. The third-order valence-corrected chi connectivity index (χ3v) is 6.24. The summed E-state index contributed by atoms with van der Waals surface area (Å²) in [7, 11) is 0. The minimum absolute atomic E-state index is 0.220. The summed E-state index contributed by atoms with van der Waals surface area (Å²) in [6.07, 6.45) is 3.74. The highest BCUT2D eigenvalue weighted by molar-refractivity contribution is 9.10. The molecule has 3 aliphatic rings. The number of carbonyl (C=O) groups excluding carboxylic acids is 3. The van der Waals surface area contributed by atoms with Gasteiger partial charge in [0.05, 0.1) is 12.6 Å². The van der Waals surface area contributed by atoms with Gasteiger partial charge in [-0.2, -0.15) is 0 Å². The van der Waals surface area contributed by atoms with Crippen molar-refractivity contribution in [2.24, 2.45) is 0 Å². The summed E-state index contributed by atoms with van der Waals surface area (Å²) in [5.41, 5.74) is 0.0857. The molecule has 2 fully saturated rings. The Morgan fingerprint density at radius 3 is 2.85 bits per heavy atom. The van der Waals surface area contributed by atoms with Gasteiger partial charge in [0.2, 0.25) is 5.91 Å². The average Bonchev–Trinajstić information content (AvgIpc) is 3.20. The standard InChI is InChI=1S/C19H22BrN3O4/c1-11(23-17(25)19(22-18(23)26)7-2-3-8-19)16(24)21-14-6-9-27-15-5-4-12(20)10-13(14)15/h4-5,10-11,14H,2-3,6-9H2,1H3,(H,21,24)(H,22,26). The number of ether oxygens (including phenoxy) is 1. The molecule has 4 rings (SSSR count). The molecule has 1 spiro atoms. The van der Waals surface area contributed by atoms with E-state index < -0.39 is 17.6 Å². The van der Waals surface area contributed by atoms with Gasteiger partial charge >= 0.3 is 6.03 Å². The van der Waals surface area contributed by atoms with Crippen LogP contribution in [0.1, 0.15) is 50.6 Å². The van der Waals surface area contributed by atoms with Crippen LogP contribution in [-0.4, -0.2) is 40.9 Å². The minimum Gasteiger partial charge on any atom is -0.493 e. The monoisotopic (exact) mass is 435 g/mol. The van der Waals surface area contributed by atoms with E-state index in [0.717, 1.165) is 33.5 Å². The second kappa shape index (κ2) is 6.82. The number of nitrogens with one attached hydrogen (secondary N) is 2. The third-order valence-electron chi connectivity index (χ3n) is 5.74. The van der Waals surface area contributed by atoms with Crippen LogP contribution in [0.5, 0.6) is 5.75 Å². The molecule has 2 N–H and O–H groups in total. The van der Waals surface area contributed by atoms with Crippen LogP contribution >= 0.6 is 15.9 Å². The van der Waals surface area contributed by atoms with Crippen molar-refractivity contribution in [3.05, 3.63) is 28.2 Å². The molecule has 0 aromatic heterocycles. The lowest BCUT2D eigenvalue weighted by Crippen LogP contribution is -2.50. The highest BCUT2D eigenvalue weighted by Gasteiger charge is 2.54. The molecule has 2 heterocycles. The largest absolute Gasteiger partial charge is 0.493 e. The number of carbonyl (C=O) groups is 3. The molecule has 2 atom stereocenters. The van der Waals surface area contributed by atoms with E-state index in [9.17, 15) is 14.4 Å². The van der Waals surface area contributed by atoms with Crippen molar-refractivity contribution in [3.8, 4) is 5.75 Å². The SMILES string of the molecule is CC(C(=O)NC1CCOc2ccc(Br)cc21)N1C(=O)NC2(CCCC2)C1=O. The van der Waals surface area contributed by atoms with Gasteiger partial charge in [-0.05, 0) is 38.0 Å². The van der Waals surface area contributed by atoms with Crippen LogP contribution in [0.3, 0.4) is 0 Å². The van der Waals surface area contributed by atoms with Gasteiger partial charge in [0, 0.05) is 16.5 Å². The predicted octanol–water partition coefficient (Wildman–Crippen LogP) is 2.64. The average molecular weight is 436 g/mol. The summed E-state index contributed by atoms with van der Waals surface area (Å²) >= 11 is 3.44. The van der Waals surface area contributed by atoms with Crippen molar-refractivity contribution in [1.82, 2.24) is 15.5 Å². The van der Waals surface area contributed by atoms with Gasteiger partial charge in [0.1, 0.15) is 17.3 Å². The fourth-order valence-electron chi connectivity index (χ4n) is 4.24. The van der Waals surface area contributed by atoms with Crippen molar-refractivity contribution in [2.45, 2.75) is 56.7 Å². The lowest BCUT2D eigenvalue weighted by atomic mass is 9.97. The van der Waals surface area contributed by atoms with Crippen molar-refractivity contribution in [2.75, 3.05) is 6.61 Å². The maximum absolute atomic E-state index is 12.9. The number of nitrogens with zero attached hydrogens (tertiary/aromatic N) is 1. The van der Waals surface area contributed by atoms with E-state index in [1.165, 1.54) is 0 Å². The van der Waals surface area contributed by atoms with Crippen LogP contribution < -0.4 is 15.4 Å². The number of fused-ring (bicyclic) bond motifs is 1. The Labute approximate surface area is 165 Å². The molecule has 27 heavy (non-hydrogen) atoms. The van der Waals surface area contributed by atoms with Gasteiger partial charge in [0.15, 0.2) is 0 Å². The second-order valence-electron chi connectivity index (χ2n) is 7.45. The zero-order chi connectivity index (χ0) is 19.2. The molecule has 7 nitrogen and oxygen atoms in total. The number of benzene rings is 1. The van der Waals surface area contributed by atoms with Crippen molar-refractivity contribution in [1.29, 1.82) is 0 Å². The molecule has 0 bridgehead atoms. The first-order valence-electron chi connectivity index (χ1n) is 9.30. The van der Waals surface area contributed by atoms with E-state index in [1.54, 1.807) is 6.92 Å². The molecule has 1 saturated carbocycles. The van der Waals surface area contributed by atoms with Crippen molar-refractivity contribution < 1.29 is 19.1 Å². The van der Waals surface area contributed by atoms with Gasteiger partial charge in [-0.1, -0.05) is 28.8 Å². The van der Waals surface area contributed by atoms with E-state index in [4.69, 9.17) is 4.74 Å². The van der Waals surface area contributed by atoms with Gasteiger partial charge in [-0.25, -0.2) is 9.69 Å². The van der Waals surface area contributed by atoms with Gasteiger partial charge < -0.3 is 15.4 Å². The number of amides is 4. The van der Waals surface area contributed by atoms with E-state index in [1.807, 2.05) is 18.2 Å². The maximum atomic E-state index is 12.9. The van der Waals surface area contributed by atoms with Gasteiger partial charge in [-0.3, -0.25) is 9.59 Å². The molecule has 1 aliphatic carbocycles. The molecule has 8 heteroatoms. The zero-order valence-corrected chi connectivity index (χ0v) is 16.7. The summed E-state index contributed by atoms with van der Waals surface area (Å²) in [6.45, 7) is 2.10. The molecule has 144 valence electrons. The molecule has 1 aromatic carbocycles. The minimum atomic E-state index is -0.865. The van der Waals surface area contributed by atoms with Crippen LogP contribution in [0.4, 0.5) is 4.79 Å². The van der Waals surface area contributed by atoms with E-state index in [-0.39, 0.29) is 17.9 Å². The zero-order valence-electron chi connectivity index (χ0n) is 15.1. The van der Waals surface area contributed by atoms with E-state index in [0.29, 0.717) is 25.9 Å². The Morgan fingerprint density at radius 2 is 2.11 bits per heavy atom. The summed E-state index contributed by atoms with van der Waals surface area (Å²) in [4.78, 5) is 39.2. The number of halogens is 1.